The van der Waals surface area contributed by atoms with Crippen molar-refractivity contribution in [2.24, 2.45) is 5.73 Å². The zero-order chi connectivity index (χ0) is 13.5. The molecule has 2 heterocycles. The quantitative estimate of drug-likeness (QED) is 0.842. The lowest BCUT2D eigenvalue weighted by molar-refractivity contribution is 0.396. The van der Waals surface area contributed by atoms with Gasteiger partial charge in [-0.05, 0) is 23.9 Å². The third-order valence-electron chi connectivity index (χ3n) is 2.37. The van der Waals surface area contributed by atoms with E-state index in [2.05, 4.69) is 20.3 Å². The van der Waals surface area contributed by atoms with Crippen molar-refractivity contribution in [1.29, 1.82) is 0 Å². The maximum atomic E-state index is 5.34. The van der Waals surface area contributed by atoms with Crippen molar-refractivity contribution in [3.05, 3.63) is 48.2 Å². The van der Waals surface area contributed by atoms with E-state index in [1.165, 1.54) is 6.20 Å². The van der Waals surface area contributed by atoms with E-state index in [9.17, 15) is 0 Å². The summed E-state index contributed by atoms with van der Waals surface area (Å²) in [5.41, 5.74) is 6.40. The van der Waals surface area contributed by atoms with Gasteiger partial charge in [0.05, 0.1) is 7.11 Å². The van der Waals surface area contributed by atoms with Gasteiger partial charge in [-0.15, -0.1) is 0 Å². The molecule has 2 rings (SSSR count). The summed E-state index contributed by atoms with van der Waals surface area (Å²) in [6.07, 6.45) is 6.53. The normalized spacial score (nSPS) is 10.6. The highest BCUT2D eigenvalue weighted by atomic mass is 16.5. The molecule has 0 aliphatic heterocycles. The van der Waals surface area contributed by atoms with E-state index >= 15 is 0 Å². The van der Waals surface area contributed by atoms with Crippen molar-refractivity contribution in [3.8, 4) is 5.88 Å². The summed E-state index contributed by atoms with van der Waals surface area (Å²) in [6.45, 7) is 0.625. The van der Waals surface area contributed by atoms with Crippen LogP contribution in [0.4, 0.5) is 5.82 Å². The molecule has 0 saturated heterocycles. The molecule has 2 aromatic rings. The van der Waals surface area contributed by atoms with Crippen molar-refractivity contribution >= 4 is 11.9 Å². The highest BCUT2D eigenvalue weighted by Gasteiger charge is 2.03. The molecule has 0 spiro atoms. The van der Waals surface area contributed by atoms with Gasteiger partial charge < -0.3 is 15.8 Å². The van der Waals surface area contributed by atoms with E-state index in [0.29, 0.717) is 24.1 Å². The molecule has 0 aromatic carbocycles. The molecule has 6 heteroatoms. The van der Waals surface area contributed by atoms with E-state index < -0.39 is 0 Å². The van der Waals surface area contributed by atoms with Crippen LogP contribution in [0.1, 0.15) is 11.4 Å². The van der Waals surface area contributed by atoms with Crippen LogP contribution in [0.5, 0.6) is 5.88 Å². The average Bonchev–Trinajstić information content (AvgIpc) is 2.46. The number of nitrogens with one attached hydrogen (secondary N) is 1. The molecule has 98 valence electrons. The fourth-order valence-electron chi connectivity index (χ4n) is 1.49. The van der Waals surface area contributed by atoms with Gasteiger partial charge in [-0.3, -0.25) is 4.98 Å². The zero-order valence-corrected chi connectivity index (χ0v) is 10.6. The van der Waals surface area contributed by atoms with Crippen LogP contribution in [0.25, 0.3) is 6.08 Å². The summed E-state index contributed by atoms with van der Waals surface area (Å²) in [4.78, 5) is 12.5. The highest BCUT2D eigenvalue weighted by molar-refractivity contribution is 5.47. The number of nitrogens with zero attached hydrogens (tertiary/aromatic N) is 3. The first-order valence-corrected chi connectivity index (χ1v) is 5.76. The van der Waals surface area contributed by atoms with Crippen LogP contribution >= 0.6 is 0 Å². The minimum absolute atomic E-state index is 0.483. The molecule has 0 radical (unpaired) electrons. The Labute approximate surface area is 111 Å². The van der Waals surface area contributed by atoms with Crippen molar-refractivity contribution in [1.82, 2.24) is 15.0 Å². The van der Waals surface area contributed by atoms with Crippen LogP contribution < -0.4 is 15.8 Å². The maximum Gasteiger partial charge on any atom is 0.218 e. The van der Waals surface area contributed by atoms with Gasteiger partial charge in [-0.25, -0.2) is 4.98 Å². The Balaban J connectivity index is 2.13. The van der Waals surface area contributed by atoms with Gasteiger partial charge in [0.25, 0.3) is 0 Å². The molecule has 0 saturated carbocycles. The fraction of sp³-hybridized carbons (Fsp3) is 0.154. The van der Waals surface area contributed by atoms with E-state index in [1.807, 2.05) is 12.1 Å². The van der Waals surface area contributed by atoms with Crippen molar-refractivity contribution < 1.29 is 4.74 Å². The molecule has 0 amide bonds. The van der Waals surface area contributed by atoms with Crippen LogP contribution in [0.2, 0.25) is 0 Å². The number of methoxy groups -OCH3 is 1. The highest BCUT2D eigenvalue weighted by Crippen LogP contribution is 2.14. The Hall–Kier alpha value is -2.63. The predicted octanol–water partition coefficient (Wildman–Crippen LogP) is 1.42. The minimum Gasteiger partial charge on any atom is -0.481 e. The Kier molecular flexibility index (Phi) is 4.28. The summed E-state index contributed by atoms with van der Waals surface area (Å²) >= 11 is 0. The molecule has 0 aliphatic carbocycles. The van der Waals surface area contributed by atoms with Gasteiger partial charge >= 0.3 is 0 Å². The molecule has 0 bridgehead atoms. The maximum absolute atomic E-state index is 5.34. The van der Waals surface area contributed by atoms with Gasteiger partial charge in [0.15, 0.2) is 5.82 Å². The van der Waals surface area contributed by atoms with E-state index in [4.69, 9.17) is 10.5 Å². The van der Waals surface area contributed by atoms with Crippen LogP contribution in [-0.4, -0.2) is 22.1 Å². The lowest BCUT2D eigenvalue weighted by Crippen LogP contribution is -2.04. The molecule has 3 N–H and O–H groups in total. The standard InChI is InChI=1S/C13H15N5O/c1-19-13-7-12(17-11(18-13)4-5-14)16-9-10-3-2-6-15-8-10/h2-8H,9,14H2,1H3,(H,16,17,18). The number of anilines is 1. The van der Waals surface area contributed by atoms with Crippen molar-refractivity contribution in [2.75, 3.05) is 12.4 Å². The number of ether oxygens (including phenoxy) is 1. The van der Waals surface area contributed by atoms with Gasteiger partial charge in [0.1, 0.15) is 5.82 Å². The van der Waals surface area contributed by atoms with E-state index in [-0.39, 0.29) is 0 Å². The van der Waals surface area contributed by atoms with Crippen molar-refractivity contribution in [2.45, 2.75) is 6.54 Å². The Morgan fingerprint density at radius 3 is 3.00 bits per heavy atom. The number of hydrogen-bond donors (Lipinski definition) is 2. The Morgan fingerprint density at radius 1 is 1.42 bits per heavy atom. The smallest absolute Gasteiger partial charge is 0.218 e. The summed E-state index contributed by atoms with van der Waals surface area (Å²) in [6, 6.07) is 5.60. The first kappa shape index (κ1) is 12.8. The number of pyridine rings is 1. The van der Waals surface area contributed by atoms with E-state index in [0.717, 1.165) is 5.56 Å². The third-order valence-corrected chi connectivity index (χ3v) is 2.37. The molecule has 6 nitrogen and oxygen atoms in total. The largest absolute Gasteiger partial charge is 0.481 e. The second-order valence-corrected chi connectivity index (χ2v) is 3.73. The first-order valence-electron chi connectivity index (χ1n) is 5.76. The summed E-state index contributed by atoms with van der Waals surface area (Å²) in [5.74, 6) is 1.65. The molecule has 0 aliphatic rings. The second-order valence-electron chi connectivity index (χ2n) is 3.73. The third kappa shape index (κ3) is 3.67. The Morgan fingerprint density at radius 2 is 2.32 bits per heavy atom. The molecular weight excluding hydrogens is 242 g/mol. The lowest BCUT2D eigenvalue weighted by Gasteiger charge is -2.07. The van der Waals surface area contributed by atoms with Gasteiger partial charge in [0.2, 0.25) is 5.88 Å². The summed E-state index contributed by atoms with van der Waals surface area (Å²) < 4.78 is 5.12. The van der Waals surface area contributed by atoms with Gasteiger partial charge in [0, 0.05) is 25.0 Å². The molecule has 0 fully saturated rings. The van der Waals surface area contributed by atoms with Crippen molar-refractivity contribution in [3.63, 3.8) is 0 Å². The van der Waals surface area contributed by atoms with Gasteiger partial charge in [-0.2, -0.15) is 4.98 Å². The predicted molar refractivity (Wildman–Crippen MR) is 73.4 cm³/mol. The average molecular weight is 257 g/mol. The van der Waals surface area contributed by atoms with Crippen LogP contribution in [0.15, 0.2) is 36.8 Å². The lowest BCUT2D eigenvalue weighted by atomic mass is 10.3. The Bertz CT molecular complexity index is 556. The van der Waals surface area contributed by atoms with E-state index in [1.54, 1.807) is 31.6 Å². The van der Waals surface area contributed by atoms with Crippen LogP contribution in [0.3, 0.4) is 0 Å². The zero-order valence-electron chi connectivity index (χ0n) is 10.6. The van der Waals surface area contributed by atoms with Crippen LogP contribution in [-0.2, 0) is 6.54 Å². The number of aromatic nitrogens is 3. The molecule has 2 aromatic heterocycles. The fourth-order valence-corrected chi connectivity index (χ4v) is 1.49. The number of hydrogen-bond acceptors (Lipinski definition) is 6. The first-order chi connectivity index (χ1) is 9.31. The van der Waals surface area contributed by atoms with Crippen LogP contribution in [0, 0.1) is 0 Å². The minimum atomic E-state index is 0.483. The van der Waals surface area contributed by atoms with Gasteiger partial charge in [-0.1, -0.05) is 6.07 Å². The summed E-state index contributed by atoms with van der Waals surface area (Å²) in [5, 5.41) is 3.19. The summed E-state index contributed by atoms with van der Waals surface area (Å²) in [7, 11) is 1.56. The SMILES string of the molecule is COc1cc(NCc2cccnc2)nc(C=CN)n1. The second kappa shape index (κ2) is 6.34. The molecule has 0 unspecified atom stereocenters. The number of rotatable bonds is 5. The number of nitrogens with two attached hydrogens (primary N) is 1. The molecule has 0 atom stereocenters. The molecular formula is C13H15N5O. The molecule has 19 heavy (non-hydrogen) atoms. The monoisotopic (exact) mass is 257 g/mol. The topological polar surface area (TPSA) is 86.0 Å².